The molecule has 1 heterocycles. The monoisotopic (exact) mass is 306 g/mol. The Bertz CT molecular complexity index is 557. The molecule has 2 aromatic rings. The highest BCUT2D eigenvalue weighted by molar-refractivity contribution is 7.17. The highest BCUT2D eigenvalue weighted by atomic mass is 31.0. The Morgan fingerprint density at radius 3 is 2.48 bits per heavy atom. The number of nitrogens with one attached hydrogen (secondary N) is 1. The van der Waals surface area contributed by atoms with Gasteiger partial charge in [-0.3, -0.25) is 0 Å². The lowest BCUT2D eigenvalue weighted by molar-refractivity contribution is 0.242. The highest BCUT2D eigenvalue weighted by Crippen LogP contribution is 2.23. The molecule has 2 unspecified atom stereocenters. The first-order valence-corrected chi connectivity index (χ1v) is 7.57. The average molecular weight is 306 g/mol. The molecule has 0 fully saturated rings. The molecule has 1 aromatic heterocycles. The number of aromatic nitrogens is 1. The zero-order chi connectivity index (χ0) is 15.2. The second kappa shape index (κ2) is 7.48. The Hall–Kier alpha value is -1.51. The van der Waals surface area contributed by atoms with Gasteiger partial charge in [-0.05, 0) is 43.2 Å². The van der Waals surface area contributed by atoms with E-state index in [-0.39, 0.29) is 11.9 Å². The van der Waals surface area contributed by atoms with E-state index in [2.05, 4.69) is 19.5 Å². The van der Waals surface area contributed by atoms with Gasteiger partial charge in [-0.25, -0.2) is 4.98 Å². The molecule has 0 radical (unpaired) electrons. The molecule has 0 aliphatic heterocycles. The van der Waals surface area contributed by atoms with Gasteiger partial charge < -0.3 is 10.1 Å². The lowest BCUT2D eigenvalue weighted by Gasteiger charge is -2.15. The van der Waals surface area contributed by atoms with E-state index in [0.717, 1.165) is 16.9 Å². The maximum absolute atomic E-state index is 12.7. The second-order valence-electron chi connectivity index (χ2n) is 5.08. The largest absolute Gasteiger partial charge is 0.491 e. The van der Waals surface area contributed by atoms with Crippen molar-refractivity contribution in [3.8, 4) is 5.75 Å². The fraction of sp³-hybridized carbons (Fsp3) is 0.312. The molecule has 1 N–H and O–H groups in total. The Balaban J connectivity index is 1.90. The Labute approximate surface area is 127 Å². The van der Waals surface area contributed by atoms with Crippen LogP contribution in [0.3, 0.4) is 0 Å². The maximum atomic E-state index is 12.7. The van der Waals surface area contributed by atoms with Crippen LogP contribution in [0.25, 0.3) is 0 Å². The Morgan fingerprint density at radius 2 is 1.90 bits per heavy atom. The lowest BCUT2D eigenvalue weighted by Crippen LogP contribution is -2.16. The fourth-order valence-electron chi connectivity index (χ4n) is 1.88. The normalized spacial score (nSPS) is 12.4. The van der Waals surface area contributed by atoms with E-state index in [9.17, 15) is 4.39 Å². The van der Waals surface area contributed by atoms with Crippen molar-refractivity contribution >= 4 is 9.24 Å². The van der Waals surface area contributed by atoms with E-state index in [1.54, 1.807) is 12.3 Å². The number of nitrogens with zero attached hydrogens (tertiary/aromatic N) is 1. The molecule has 0 bridgehead atoms. The summed E-state index contributed by atoms with van der Waals surface area (Å²) in [7, 11) is 2.76. The summed E-state index contributed by atoms with van der Waals surface area (Å²) in [5, 5.41) is 3.35. The fourth-order valence-corrected chi connectivity index (χ4v) is 2.22. The number of rotatable bonds is 6. The molecule has 5 heteroatoms. The topological polar surface area (TPSA) is 34.1 Å². The van der Waals surface area contributed by atoms with Crippen LogP contribution in [0.1, 0.15) is 30.8 Å². The molecule has 0 aliphatic rings. The van der Waals surface area contributed by atoms with Crippen molar-refractivity contribution < 1.29 is 9.13 Å². The van der Waals surface area contributed by atoms with Gasteiger partial charge in [0.1, 0.15) is 5.75 Å². The van der Waals surface area contributed by atoms with Crippen molar-refractivity contribution in [3.05, 3.63) is 59.7 Å². The van der Waals surface area contributed by atoms with Gasteiger partial charge in [0.25, 0.3) is 0 Å². The third-order valence-corrected chi connectivity index (χ3v) is 3.55. The van der Waals surface area contributed by atoms with Crippen LogP contribution >= 0.6 is 9.24 Å². The van der Waals surface area contributed by atoms with Crippen LogP contribution in [0.4, 0.5) is 4.39 Å². The number of pyridine rings is 1. The summed E-state index contributed by atoms with van der Waals surface area (Å²) in [5.74, 6) is 0.527. The minimum Gasteiger partial charge on any atom is -0.491 e. The molecule has 2 rings (SSSR count). The highest BCUT2D eigenvalue weighted by Gasteiger charge is 2.06. The van der Waals surface area contributed by atoms with Gasteiger partial charge in [0.15, 0.2) is 0 Å². The van der Waals surface area contributed by atoms with Crippen LogP contribution in [0.5, 0.6) is 5.75 Å². The first kappa shape index (κ1) is 15.9. The summed E-state index contributed by atoms with van der Waals surface area (Å²) in [6, 6.07) is 11.1. The summed E-state index contributed by atoms with van der Waals surface area (Å²) in [5.41, 5.74) is 2.09. The maximum Gasteiger partial charge on any atom is 0.212 e. The van der Waals surface area contributed by atoms with Crippen molar-refractivity contribution in [2.75, 3.05) is 0 Å². The van der Waals surface area contributed by atoms with Crippen LogP contribution in [-0.4, -0.2) is 11.1 Å². The van der Waals surface area contributed by atoms with Gasteiger partial charge in [-0.1, -0.05) is 18.2 Å². The lowest BCUT2D eigenvalue weighted by atomic mass is 10.2. The number of halogens is 1. The average Bonchev–Trinajstić information content (AvgIpc) is 2.46. The number of benzene rings is 1. The minimum atomic E-state index is -0.457. The summed E-state index contributed by atoms with van der Waals surface area (Å²) in [4.78, 5) is 3.64. The molecule has 3 nitrogen and oxygen atoms in total. The number of hydrogen-bond acceptors (Lipinski definition) is 3. The smallest absolute Gasteiger partial charge is 0.212 e. The summed E-state index contributed by atoms with van der Waals surface area (Å²) < 4.78 is 18.3. The third-order valence-electron chi connectivity index (χ3n) is 2.93. The van der Waals surface area contributed by atoms with Crippen molar-refractivity contribution in [3.63, 3.8) is 0 Å². The van der Waals surface area contributed by atoms with E-state index in [1.165, 1.54) is 6.07 Å². The first-order valence-electron chi connectivity index (χ1n) is 6.90. The van der Waals surface area contributed by atoms with Gasteiger partial charge in [0.05, 0.1) is 6.10 Å². The summed E-state index contributed by atoms with van der Waals surface area (Å²) in [6.07, 6.45) is 1.71. The van der Waals surface area contributed by atoms with Crippen molar-refractivity contribution in [2.24, 2.45) is 0 Å². The number of ether oxygens (including phenoxy) is 1. The molecule has 0 spiro atoms. The van der Waals surface area contributed by atoms with Crippen molar-refractivity contribution in [2.45, 2.75) is 32.3 Å². The third kappa shape index (κ3) is 5.07. The van der Waals surface area contributed by atoms with E-state index in [0.29, 0.717) is 6.54 Å². The van der Waals surface area contributed by atoms with Crippen LogP contribution in [0.2, 0.25) is 0 Å². The van der Waals surface area contributed by atoms with Gasteiger partial charge in [0, 0.05) is 18.5 Å². The molecular formula is C16H20FN2OP. The molecule has 0 amide bonds. The molecule has 1 aromatic carbocycles. The molecular weight excluding hydrogens is 286 g/mol. The van der Waals surface area contributed by atoms with Crippen molar-refractivity contribution in [1.82, 2.24) is 10.3 Å². The molecule has 112 valence electrons. The van der Waals surface area contributed by atoms with E-state index < -0.39 is 5.95 Å². The second-order valence-corrected chi connectivity index (χ2v) is 5.75. The molecule has 21 heavy (non-hydrogen) atoms. The van der Waals surface area contributed by atoms with Gasteiger partial charge in [-0.15, -0.1) is 9.24 Å². The van der Waals surface area contributed by atoms with E-state index in [4.69, 9.17) is 4.74 Å². The van der Waals surface area contributed by atoms with Crippen LogP contribution < -0.4 is 10.1 Å². The predicted octanol–water partition coefficient (Wildman–Crippen LogP) is 3.67. The number of hydrogen-bond donors (Lipinski definition) is 1. The zero-order valence-corrected chi connectivity index (χ0v) is 13.4. The Morgan fingerprint density at radius 1 is 1.19 bits per heavy atom. The quantitative estimate of drug-likeness (QED) is 0.653. The molecule has 0 saturated carbocycles. The molecule has 0 aliphatic carbocycles. The SMILES string of the molecule is CC(C)Oc1ccc(C(P)NCc2ccc(F)nc2)cc1. The predicted molar refractivity (Wildman–Crippen MR) is 85.7 cm³/mol. The van der Waals surface area contributed by atoms with E-state index >= 15 is 0 Å². The standard InChI is InChI=1S/C16H20FN2OP/c1-11(2)20-14-6-4-13(5-7-14)16(21)19-10-12-3-8-15(17)18-9-12/h3-9,11,16,19H,10,21H2,1-2H3. The van der Waals surface area contributed by atoms with Crippen LogP contribution in [0.15, 0.2) is 42.6 Å². The van der Waals surface area contributed by atoms with Gasteiger partial charge in [0.2, 0.25) is 5.95 Å². The first-order chi connectivity index (χ1) is 10.0. The van der Waals surface area contributed by atoms with E-state index in [1.807, 2.05) is 38.1 Å². The zero-order valence-electron chi connectivity index (χ0n) is 12.2. The van der Waals surface area contributed by atoms with Gasteiger partial charge in [-0.2, -0.15) is 4.39 Å². The Kier molecular flexibility index (Phi) is 5.66. The summed E-state index contributed by atoms with van der Waals surface area (Å²) in [6.45, 7) is 4.64. The van der Waals surface area contributed by atoms with Crippen molar-refractivity contribution in [1.29, 1.82) is 0 Å². The summed E-state index contributed by atoms with van der Waals surface area (Å²) >= 11 is 0. The molecule has 0 saturated heterocycles. The van der Waals surface area contributed by atoms with Crippen LogP contribution in [0, 0.1) is 5.95 Å². The van der Waals surface area contributed by atoms with Gasteiger partial charge >= 0.3 is 0 Å². The van der Waals surface area contributed by atoms with Crippen LogP contribution in [-0.2, 0) is 6.54 Å². The minimum absolute atomic E-state index is 0.114. The molecule has 2 atom stereocenters.